The molecule has 5 nitrogen and oxygen atoms in total. The van der Waals surface area contributed by atoms with Crippen molar-refractivity contribution in [3.05, 3.63) is 52.8 Å². The van der Waals surface area contributed by atoms with Crippen molar-refractivity contribution >= 4 is 17.0 Å². The Balaban J connectivity index is 1.93. The molecule has 0 saturated heterocycles. The highest BCUT2D eigenvalue weighted by molar-refractivity contribution is 5.88. The first kappa shape index (κ1) is 15.7. The predicted molar refractivity (Wildman–Crippen MR) is 87.5 cm³/mol. The third kappa shape index (κ3) is 2.65. The lowest BCUT2D eigenvalue weighted by molar-refractivity contribution is 0.0697. The molecule has 1 saturated carbocycles. The summed E-state index contributed by atoms with van der Waals surface area (Å²) in [4.78, 5) is 15.6. The molecule has 1 N–H and O–H groups in total. The molecule has 1 fully saturated rings. The SMILES string of the molecule is Cc1nn(-c2ccc(C(=O)O)cc2)c2nc(C3CC3)cc(C(F)F)c12. The van der Waals surface area contributed by atoms with Gasteiger partial charge in [-0.15, -0.1) is 0 Å². The maximum Gasteiger partial charge on any atom is 0.335 e. The average molecular weight is 343 g/mol. The van der Waals surface area contributed by atoms with Crippen LogP contribution in [0.4, 0.5) is 8.78 Å². The van der Waals surface area contributed by atoms with E-state index in [4.69, 9.17) is 5.11 Å². The Labute approximate surface area is 141 Å². The molecule has 25 heavy (non-hydrogen) atoms. The molecule has 2 heterocycles. The fraction of sp³-hybridized carbons (Fsp3) is 0.278. The number of carboxylic acid groups (broad SMARTS) is 1. The van der Waals surface area contributed by atoms with Crippen LogP contribution in [-0.2, 0) is 0 Å². The number of fused-ring (bicyclic) bond motifs is 1. The minimum absolute atomic E-state index is 0.0437. The van der Waals surface area contributed by atoms with Crippen molar-refractivity contribution in [3.63, 3.8) is 0 Å². The van der Waals surface area contributed by atoms with E-state index in [0.29, 0.717) is 28.1 Å². The number of aryl methyl sites for hydroxylation is 1. The maximum atomic E-state index is 13.6. The van der Waals surface area contributed by atoms with Gasteiger partial charge in [-0.3, -0.25) is 0 Å². The lowest BCUT2D eigenvalue weighted by Gasteiger charge is -2.08. The third-order valence-corrected chi connectivity index (χ3v) is 4.45. The Bertz CT molecular complexity index is 976. The van der Waals surface area contributed by atoms with Crippen molar-refractivity contribution in [2.45, 2.75) is 32.1 Å². The minimum Gasteiger partial charge on any atom is -0.478 e. The molecule has 0 spiro atoms. The van der Waals surface area contributed by atoms with Crippen LogP contribution in [0.15, 0.2) is 30.3 Å². The van der Waals surface area contributed by atoms with Gasteiger partial charge in [0.25, 0.3) is 6.43 Å². The largest absolute Gasteiger partial charge is 0.478 e. The summed E-state index contributed by atoms with van der Waals surface area (Å²) in [6.07, 6.45) is -0.683. The zero-order valence-corrected chi connectivity index (χ0v) is 13.4. The Morgan fingerprint density at radius 3 is 2.52 bits per heavy atom. The summed E-state index contributed by atoms with van der Waals surface area (Å²) in [5, 5.41) is 13.7. The summed E-state index contributed by atoms with van der Waals surface area (Å²) in [6.45, 7) is 1.68. The van der Waals surface area contributed by atoms with Crippen LogP contribution in [0.25, 0.3) is 16.7 Å². The second-order valence-corrected chi connectivity index (χ2v) is 6.26. The molecule has 0 aliphatic heterocycles. The van der Waals surface area contributed by atoms with Gasteiger partial charge < -0.3 is 5.11 Å². The molecule has 0 amide bonds. The summed E-state index contributed by atoms with van der Waals surface area (Å²) < 4.78 is 28.6. The minimum atomic E-state index is -2.60. The number of benzene rings is 1. The molecule has 0 atom stereocenters. The quantitative estimate of drug-likeness (QED) is 0.769. The van der Waals surface area contributed by atoms with Gasteiger partial charge in [-0.25, -0.2) is 23.2 Å². The Kier molecular flexibility index (Phi) is 3.52. The van der Waals surface area contributed by atoms with E-state index < -0.39 is 12.4 Å². The fourth-order valence-corrected chi connectivity index (χ4v) is 3.03. The van der Waals surface area contributed by atoms with E-state index in [-0.39, 0.29) is 17.0 Å². The number of pyridine rings is 1. The Hall–Kier alpha value is -2.83. The monoisotopic (exact) mass is 343 g/mol. The molecule has 128 valence electrons. The van der Waals surface area contributed by atoms with E-state index in [1.807, 2.05) is 0 Å². The molecule has 0 unspecified atom stereocenters. The number of hydrogen-bond donors (Lipinski definition) is 1. The normalized spacial score (nSPS) is 14.4. The zero-order chi connectivity index (χ0) is 17.7. The van der Waals surface area contributed by atoms with Gasteiger partial charge in [-0.2, -0.15) is 5.10 Å². The number of hydrogen-bond acceptors (Lipinski definition) is 3. The second kappa shape index (κ2) is 5.61. The Morgan fingerprint density at radius 1 is 1.28 bits per heavy atom. The van der Waals surface area contributed by atoms with Gasteiger partial charge in [0.15, 0.2) is 5.65 Å². The molecular formula is C18H15F2N3O2. The summed E-state index contributed by atoms with van der Waals surface area (Å²) in [7, 11) is 0. The van der Waals surface area contributed by atoms with E-state index in [1.54, 1.807) is 19.1 Å². The Morgan fingerprint density at radius 2 is 1.96 bits per heavy atom. The number of nitrogens with zero attached hydrogens (tertiary/aromatic N) is 3. The smallest absolute Gasteiger partial charge is 0.335 e. The molecule has 1 aliphatic rings. The van der Waals surface area contributed by atoms with Crippen LogP contribution in [0.1, 0.15) is 52.5 Å². The van der Waals surface area contributed by atoms with E-state index >= 15 is 0 Å². The van der Waals surface area contributed by atoms with Crippen LogP contribution >= 0.6 is 0 Å². The van der Waals surface area contributed by atoms with Gasteiger partial charge in [-0.1, -0.05) is 0 Å². The first-order valence-electron chi connectivity index (χ1n) is 7.97. The fourth-order valence-electron chi connectivity index (χ4n) is 3.03. The number of carboxylic acids is 1. The van der Waals surface area contributed by atoms with Gasteiger partial charge in [0.2, 0.25) is 0 Å². The highest BCUT2D eigenvalue weighted by Crippen LogP contribution is 2.42. The molecule has 1 aromatic carbocycles. The number of carbonyl (C=O) groups is 1. The first-order valence-corrected chi connectivity index (χ1v) is 7.97. The highest BCUT2D eigenvalue weighted by Gasteiger charge is 2.29. The number of aromatic carboxylic acids is 1. The van der Waals surface area contributed by atoms with Crippen molar-refractivity contribution in [2.75, 3.05) is 0 Å². The molecule has 7 heteroatoms. The first-order chi connectivity index (χ1) is 12.0. The standard InChI is InChI=1S/C18H15F2N3O2/c1-9-15-13(16(19)20)8-14(10-2-3-10)21-17(15)23(22-9)12-6-4-11(5-7-12)18(24)25/h4-8,10,16H,2-3H2,1H3,(H,24,25). The highest BCUT2D eigenvalue weighted by atomic mass is 19.3. The van der Waals surface area contributed by atoms with E-state index in [9.17, 15) is 13.6 Å². The summed E-state index contributed by atoms with van der Waals surface area (Å²) >= 11 is 0. The second-order valence-electron chi connectivity index (χ2n) is 6.26. The van der Waals surface area contributed by atoms with Gasteiger partial charge >= 0.3 is 5.97 Å². The lowest BCUT2D eigenvalue weighted by Crippen LogP contribution is -2.02. The van der Waals surface area contributed by atoms with Crippen LogP contribution in [-0.4, -0.2) is 25.8 Å². The van der Waals surface area contributed by atoms with Gasteiger partial charge in [0.1, 0.15) is 0 Å². The summed E-state index contributed by atoms with van der Waals surface area (Å²) in [5.74, 6) is -0.790. The molecular weight excluding hydrogens is 328 g/mol. The van der Waals surface area contributed by atoms with Crippen LogP contribution in [0.3, 0.4) is 0 Å². The van der Waals surface area contributed by atoms with Crippen LogP contribution in [0.5, 0.6) is 0 Å². The number of rotatable bonds is 4. The summed E-state index contributed by atoms with van der Waals surface area (Å²) in [6, 6.07) is 7.61. The van der Waals surface area contributed by atoms with Crippen molar-refractivity contribution in [3.8, 4) is 5.69 Å². The number of halogens is 2. The van der Waals surface area contributed by atoms with Crippen LogP contribution in [0, 0.1) is 6.92 Å². The summed E-state index contributed by atoms with van der Waals surface area (Å²) in [5.41, 5.74) is 2.23. The van der Waals surface area contributed by atoms with Crippen LogP contribution < -0.4 is 0 Å². The number of aromatic nitrogens is 3. The van der Waals surface area contributed by atoms with Crippen molar-refractivity contribution < 1.29 is 18.7 Å². The van der Waals surface area contributed by atoms with Gasteiger partial charge in [-0.05, 0) is 50.1 Å². The average Bonchev–Trinajstić information content (AvgIpc) is 3.39. The van der Waals surface area contributed by atoms with E-state index in [1.165, 1.54) is 22.9 Å². The molecule has 3 aromatic rings. The topological polar surface area (TPSA) is 68.0 Å². The maximum absolute atomic E-state index is 13.6. The molecule has 1 aliphatic carbocycles. The van der Waals surface area contributed by atoms with Crippen molar-refractivity contribution in [1.82, 2.24) is 14.8 Å². The molecule has 0 radical (unpaired) electrons. The predicted octanol–water partition coefficient (Wildman–Crippen LogP) is 4.24. The number of alkyl halides is 2. The van der Waals surface area contributed by atoms with Crippen molar-refractivity contribution in [1.29, 1.82) is 0 Å². The lowest BCUT2D eigenvalue weighted by atomic mass is 10.1. The third-order valence-electron chi connectivity index (χ3n) is 4.45. The van der Waals surface area contributed by atoms with Gasteiger partial charge in [0.05, 0.1) is 22.3 Å². The van der Waals surface area contributed by atoms with E-state index in [2.05, 4.69) is 10.1 Å². The molecule has 4 rings (SSSR count). The van der Waals surface area contributed by atoms with E-state index in [0.717, 1.165) is 12.8 Å². The van der Waals surface area contributed by atoms with Crippen molar-refractivity contribution in [2.24, 2.45) is 0 Å². The zero-order valence-electron chi connectivity index (χ0n) is 13.4. The molecule has 2 aromatic heterocycles. The van der Waals surface area contributed by atoms with Gasteiger partial charge in [0, 0.05) is 17.2 Å². The molecule has 0 bridgehead atoms. The van der Waals surface area contributed by atoms with Crippen LogP contribution in [0.2, 0.25) is 0 Å².